The molecule has 1 saturated heterocycles. The number of nitrogens with one attached hydrogen (secondary N) is 2. The SMILES string of the molecule is CC(OC(=O)CN1C(=O)NC2(CCCCC2)C1=O)C(=O)Nc1ccc(Cl)cn1. The van der Waals surface area contributed by atoms with Gasteiger partial charge < -0.3 is 15.4 Å². The summed E-state index contributed by atoms with van der Waals surface area (Å²) in [6.07, 6.45) is 4.08. The summed E-state index contributed by atoms with van der Waals surface area (Å²) in [5.41, 5.74) is -0.904. The molecule has 150 valence electrons. The summed E-state index contributed by atoms with van der Waals surface area (Å²) in [5.74, 6) is -1.59. The topological polar surface area (TPSA) is 118 Å². The lowest BCUT2D eigenvalue weighted by Crippen LogP contribution is -2.48. The minimum atomic E-state index is -1.13. The standard InChI is InChI=1S/C18H21ClN4O5/c1-11(15(25)21-13-6-5-12(19)9-20-13)28-14(24)10-23-16(26)18(22-17(23)27)7-3-2-4-8-18/h5-6,9,11H,2-4,7-8,10H2,1H3,(H,22,27)(H,20,21,25). The number of nitrogens with zero attached hydrogens (tertiary/aromatic N) is 2. The Kier molecular flexibility index (Phi) is 5.83. The summed E-state index contributed by atoms with van der Waals surface area (Å²) < 4.78 is 5.06. The fraction of sp³-hybridized carbons (Fsp3) is 0.500. The molecule has 1 atom stereocenters. The van der Waals surface area contributed by atoms with E-state index in [1.807, 2.05) is 0 Å². The van der Waals surface area contributed by atoms with Crippen molar-refractivity contribution < 1.29 is 23.9 Å². The Hall–Kier alpha value is -2.68. The first-order valence-electron chi connectivity index (χ1n) is 9.07. The van der Waals surface area contributed by atoms with Gasteiger partial charge in [0.2, 0.25) is 0 Å². The average molecular weight is 409 g/mol. The van der Waals surface area contributed by atoms with E-state index in [1.165, 1.54) is 19.2 Å². The van der Waals surface area contributed by atoms with Gasteiger partial charge in [-0.3, -0.25) is 19.3 Å². The van der Waals surface area contributed by atoms with Crippen LogP contribution in [0.25, 0.3) is 0 Å². The van der Waals surface area contributed by atoms with Crippen LogP contribution in [-0.2, 0) is 19.1 Å². The molecule has 4 amide bonds. The summed E-state index contributed by atoms with van der Waals surface area (Å²) in [6, 6.07) is 2.46. The van der Waals surface area contributed by atoms with Crippen LogP contribution in [0.5, 0.6) is 0 Å². The number of imide groups is 1. The maximum atomic E-state index is 12.7. The second kappa shape index (κ2) is 8.14. The number of halogens is 1. The molecule has 0 radical (unpaired) electrons. The Labute approximate surface area is 166 Å². The molecule has 2 fully saturated rings. The van der Waals surface area contributed by atoms with E-state index in [1.54, 1.807) is 6.07 Å². The summed E-state index contributed by atoms with van der Waals surface area (Å²) in [5, 5.41) is 5.62. The van der Waals surface area contributed by atoms with Gasteiger partial charge in [-0.2, -0.15) is 0 Å². The summed E-state index contributed by atoms with van der Waals surface area (Å²) >= 11 is 5.73. The zero-order valence-corrected chi connectivity index (χ0v) is 16.1. The number of hydrogen-bond acceptors (Lipinski definition) is 6. The minimum absolute atomic E-state index is 0.255. The number of hydrogen-bond donors (Lipinski definition) is 2. The van der Waals surface area contributed by atoms with Crippen molar-refractivity contribution >= 4 is 41.2 Å². The number of urea groups is 1. The lowest BCUT2D eigenvalue weighted by atomic mass is 9.82. The zero-order chi connectivity index (χ0) is 20.3. The Balaban J connectivity index is 1.54. The van der Waals surface area contributed by atoms with E-state index in [4.69, 9.17) is 16.3 Å². The largest absolute Gasteiger partial charge is 0.451 e. The molecule has 1 unspecified atom stereocenters. The van der Waals surface area contributed by atoms with Gasteiger partial charge in [-0.1, -0.05) is 30.9 Å². The Morgan fingerprint density at radius 2 is 2.04 bits per heavy atom. The number of amides is 4. The van der Waals surface area contributed by atoms with Gasteiger partial charge in [0.15, 0.2) is 6.10 Å². The smallest absolute Gasteiger partial charge is 0.327 e. The monoisotopic (exact) mass is 408 g/mol. The normalized spacial score (nSPS) is 19.3. The molecule has 1 aromatic rings. The molecule has 1 saturated carbocycles. The van der Waals surface area contributed by atoms with Crippen LogP contribution in [0.3, 0.4) is 0 Å². The molecule has 2 N–H and O–H groups in total. The molecule has 9 nitrogen and oxygen atoms in total. The predicted molar refractivity (Wildman–Crippen MR) is 99.5 cm³/mol. The average Bonchev–Trinajstić information content (AvgIpc) is 2.88. The lowest BCUT2D eigenvalue weighted by Gasteiger charge is -2.30. The highest BCUT2D eigenvalue weighted by Crippen LogP contribution is 2.33. The van der Waals surface area contributed by atoms with E-state index in [0.29, 0.717) is 17.9 Å². The highest BCUT2D eigenvalue weighted by molar-refractivity contribution is 6.30. The van der Waals surface area contributed by atoms with Crippen molar-refractivity contribution in [3.05, 3.63) is 23.4 Å². The third kappa shape index (κ3) is 4.24. The first-order valence-corrected chi connectivity index (χ1v) is 9.44. The van der Waals surface area contributed by atoms with Gasteiger partial charge in [-0.05, 0) is 31.9 Å². The molecule has 10 heteroatoms. The molecule has 1 aliphatic carbocycles. The molecule has 1 spiro atoms. The van der Waals surface area contributed by atoms with Crippen LogP contribution in [0.4, 0.5) is 10.6 Å². The van der Waals surface area contributed by atoms with Gasteiger partial charge in [-0.15, -0.1) is 0 Å². The molecular weight excluding hydrogens is 388 g/mol. The summed E-state index contributed by atoms with van der Waals surface area (Å²) in [4.78, 5) is 53.9. The van der Waals surface area contributed by atoms with Crippen LogP contribution in [-0.4, -0.2) is 51.9 Å². The molecule has 0 bridgehead atoms. The molecule has 0 aromatic carbocycles. The fourth-order valence-corrected chi connectivity index (χ4v) is 3.52. The maximum Gasteiger partial charge on any atom is 0.327 e. The van der Waals surface area contributed by atoms with E-state index in [9.17, 15) is 19.2 Å². The molecule has 3 rings (SSSR count). The van der Waals surface area contributed by atoms with Crippen molar-refractivity contribution in [1.82, 2.24) is 15.2 Å². The molecule has 28 heavy (non-hydrogen) atoms. The maximum absolute atomic E-state index is 12.7. The van der Waals surface area contributed by atoms with E-state index >= 15 is 0 Å². The first-order chi connectivity index (χ1) is 13.3. The van der Waals surface area contributed by atoms with Gasteiger partial charge in [-0.25, -0.2) is 9.78 Å². The highest BCUT2D eigenvalue weighted by Gasteiger charge is 2.51. The van der Waals surface area contributed by atoms with Crippen molar-refractivity contribution in [2.45, 2.75) is 50.7 Å². The third-order valence-electron chi connectivity index (χ3n) is 4.90. The fourth-order valence-electron chi connectivity index (χ4n) is 3.41. The minimum Gasteiger partial charge on any atom is -0.451 e. The first kappa shape index (κ1) is 20.1. The Morgan fingerprint density at radius 1 is 1.32 bits per heavy atom. The van der Waals surface area contributed by atoms with Crippen molar-refractivity contribution in [2.24, 2.45) is 0 Å². The second-order valence-electron chi connectivity index (χ2n) is 6.95. The van der Waals surface area contributed by atoms with Crippen LogP contribution in [0.15, 0.2) is 18.3 Å². The zero-order valence-electron chi connectivity index (χ0n) is 15.4. The molecule has 2 aliphatic rings. The van der Waals surface area contributed by atoms with Crippen LogP contribution in [0, 0.1) is 0 Å². The summed E-state index contributed by atoms with van der Waals surface area (Å²) in [6.45, 7) is 0.848. The van der Waals surface area contributed by atoms with Crippen LogP contribution >= 0.6 is 11.6 Å². The molecular formula is C18H21ClN4O5. The van der Waals surface area contributed by atoms with Crippen LogP contribution < -0.4 is 10.6 Å². The van der Waals surface area contributed by atoms with Gasteiger partial charge in [0.25, 0.3) is 11.8 Å². The number of rotatable bonds is 5. The predicted octanol–water partition coefficient (Wildman–Crippen LogP) is 1.86. The quantitative estimate of drug-likeness (QED) is 0.567. The third-order valence-corrected chi connectivity index (χ3v) is 5.12. The molecule has 1 aromatic heterocycles. The van der Waals surface area contributed by atoms with Crippen molar-refractivity contribution in [1.29, 1.82) is 0 Å². The lowest BCUT2D eigenvalue weighted by molar-refractivity contribution is -0.155. The van der Waals surface area contributed by atoms with E-state index in [-0.39, 0.29) is 5.82 Å². The number of aromatic nitrogens is 1. The van der Waals surface area contributed by atoms with E-state index < -0.39 is 42.0 Å². The Bertz CT molecular complexity index is 792. The van der Waals surface area contributed by atoms with E-state index in [0.717, 1.165) is 24.2 Å². The number of pyridine rings is 1. The van der Waals surface area contributed by atoms with Gasteiger partial charge in [0, 0.05) is 6.20 Å². The van der Waals surface area contributed by atoms with Crippen LogP contribution in [0.2, 0.25) is 5.02 Å². The number of anilines is 1. The number of carbonyl (C=O) groups is 4. The van der Waals surface area contributed by atoms with Crippen LogP contribution in [0.1, 0.15) is 39.0 Å². The second-order valence-corrected chi connectivity index (χ2v) is 7.38. The number of ether oxygens (including phenoxy) is 1. The van der Waals surface area contributed by atoms with E-state index in [2.05, 4.69) is 15.6 Å². The Morgan fingerprint density at radius 3 is 2.68 bits per heavy atom. The van der Waals surface area contributed by atoms with Gasteiger partial charge in [0.1, 0.15) is 17.9 Å². The molecule has 2 heterocycles. The van der Waals surface area contributed by atoms with Gasteiger partial charge >= 0.3 is 12.0 Å². The number of esters is 1. The van der Waals surface area contributed by atoms with Crippen molar-refractivity contribution in [3.63, 3.8) is 0 Å². The van der Waals surface area contributed by atoms with Crippen molar-refractivity contribution in [3.8, 4) is 0 Å². The van der Waals surface area contributed by atoms with Gasteiger partial charge in [0.05, 0.1) is 5.02 Å². The number of carbonyl (C=O) groups excluding carboxylic acids is 4. The molecule has 1 aliphatic heterocycles. The summed E-state index contributed by atoms with van der Waals surface area (Å²) in [7, 11) is 0. The highest BCUT2D eigenvalue weighted by atomic mass is 35.5. The van der Waals surface area contributed by atoms with Crippen molar-refractivity contribution in [2.75, 3.05) is 11.9 Å².